The van der Waals surface area contributed by atoms with Crippen LogP contribution in [0.4, 0.5) is 0 Å². The Morgan fingerprint density at radius 1 is 1.19 bits per heavy atom. The molecule has 0 saturated carbocycles. The lowest BCUT2D eigenvalue weighted by molar-refractivity contribution is 0.555. The van der Waals surface area contributed by atoms with Crippen LogP contribution in [0.15, 0.2) is 17.0 Å². The van der Waals surface area contributed by atoms with Gasteiger partial charge in [0.1, 0.15) is 4.90 Å². The summed E-state index contributed by atoms with van der Waals surface area (Å²) >= 11 is 12.3. The monoisotopic (exact) mass is 352 g/mol. The smallest absolute Gasteiger partial charge is 0.242 e. The molecule has 1 unspecified atom stereocenters. The second kappa shape index (κ2) is 7.79. The molecule has 0 spiro atoms. The average molecular weight is 353 g/mol. The Kier molecular flexibility index (Phi) is 6.94. The Morgan fingerprint density at radius 2 is 1.81 bits per heavy atom. The van der Waals surface area contributed by atoms with Crippen molar-refractivity contribution in [3.63, 3.8) is 0 Å². The van der Waals surface area contributed by atoms with Gasteiger partial charge in [0.2, 0.25) is 10.0 Å². The van der Waals surface area contributed by atoms with Crippen LogP contribution in [0, 0.1) is 0 Å². The Hall–Kier alpha value is -0.330. The van der Waals surface area contributed by atoms with E-state index in [1.807, 2.05) is 20.8 Å². The topological polar surface area (TPSA) is 58.2 Å². The van der Waals surface area contributed by atoms with E-state index in [0.29, 0.717) is 23.6 Å². The largest absolute Gasteiger partial charge is 0.310 e. The Bertz CT molecular complexity index is 589. The van der Waals surface area contributed by atoms with E-state index in [1.54, 1.807) is 13.0 Å². The second-order valence-electron chi connectivity index (χ2n) is 5.34. The summed E-state index contributed by atoms with van der Waals surface area (Å²) in [5.74, 6) is 0. The minimum atomic E-state index is -3.68. The molecule has 1 aromatic rings. The van der Waals surface area contributed by atoms with Crippen LogP contribution in [0.2, 0.25) is 10.0 Å². The molecule has 1 atom stereocenters. The lowest BCUT2D eigenvalue weighted by Gasteiger charge is -2.16. The molecule has 0 bridgehead atoms. The highest BCUT2D eigenvalue weighted by Crippen LogP contribution is 2.29. The Balaban J connectivity index is 3.18. The molecule has 0 aliphatic heterocycles. The molecule has 0 aliphatic rings. The fourth-order valence-electron chi connectivity index (χ4n) is 1.67. The van der Waals surface area contributed by atoms with Crippen LogP contribution in [0.3, 0.4) is 0 Å². The molecular formula is C14H22Cl2N2O2S. The predicted molar refractivity (Wildman–Crippen MR) is 88.5 cm³/mol. The van der Waals surface area contributed by atoms with Crippen molar-refractivity contribution in [1.29, 1.82) is 0 Å². The molecule has 0 fully saturated rings. The van der Waals surface area contributed by atoms with Gasteiger partial charge in [0.15, 0.2) is 0 Å². The van der Waals surface area contributed by atoms with Crippen LogP contribution in [0.1, 0.15) is 39.7 Å². The normalized spacial score (nSPS) is 13.7. The third kappa shape index (κ3) is 5.42. The highest BCUT2D eigenvalue weighted by molar-refractivity contribution is 7.89. The summed E-state index contributed by atoms with van der Waals surface area (Å²) in [6.45, 7) is 8.17. The summed E-state index contributed by atoms with van der Waals surface area (Å²) in [5, 5.41) is 3.76. The quantitative estimate of drug-likeness (QED) is 0.788. The highest BCUT2D eigenvalue weighted by Gasteiger charge is 2.22. The van der Waals surface area contributed by atoms with Gasteiger partial charge in [-0.25, -0.2) is 13.1 Å². The Labute approximate surface area is 137 Å². The second-order valence-corrected chi connectivity index (χ2v) is 7.84. The first-order valence-corrected chi connectivity index (χ1v) is 9.15. The third-order valence-corrected chi connectivity index (χ3v) is 5.43. The van der Waals surface area contributed by atoms with Crippen LogP contribution in [0.5, 0.6) is 0 Å². The molecule has 4 nitrogen and oxygen atoms in total. The number of hydrogen-bond donors (Lipinski definition) is 2. The van der Waals surface area contributed by atoms with Crippen LogP contribution >= 0.6 is 23.2 Å². The van der Waals surface area contributed by atoms with Crippen molar-refractivity contribution in [2.75, 3.05) is 0 Å². The van der Waals surface area contributed by atoms with Gasteiger partial charge in [-0.1, -0.05) is 44.0 Å². The van der Waals surface area contributed by atoms with Gasteiger partial charge in [-0.15, -0.1) is 0 Å². The number of rotatable bonds is 7. The molecule has 120 valence electrons. The first kappa shape index (κ1) is 18.7. The van der Waals surface area contributed by atoms with Gasteiger partial charge in [-0.3, -0.25) is 0 Å². The van der Waals surface area contributed by atoms with Crippen molar-refractivity contribution in [2.24, 2.45) is 0 Å². The fraction of sp³-hybridized carbons (Fsp3) is 0.571. The molecule has 0 heterocycles. The minimum absolute atomic E-state index is 0.0255. The first-order chi connectivity index (χ1) is 9.67. The van der Waals surface area contributed by atoms with E-state index >= 15 is 0 Å². The zero-order valence-corrected chi connectivity index (χ0v) is 15.0. The molecule has 0 amide bonds. The van der Waals surface area contributed by atoms with E-state index in [4.69, 9.17) is 23.2 Å². The first-order valence-electron chi connectivity index (χ1n) is 6.91. The van der Waals surface area contributed by atoms with E-state index in [2.05, 4.69) is 10.0 Å². The van der Waals surface area contributed by atoms with E-state index in [-0.39, 0.29) is 22.0 Å². The number of hydrogen-bond acceptors (Lipinski definition) is 3. The van der Waals surface area contributed by atoms with Crippen molar-refractivity contribution in [3.8, 4) is 0 Å². The number of halogens is 2. The van der Waals surface area contributed by atoms with Gasteiger partial charge in [0, 0.05) is 23.7 Å². The SMILES string of the molecule is CCC(C)NS(=O)(=O)c1cc(Cl)cc(CNC(C)C)c1Cl. The van der Waals surface area contributed by atoms with Gasteiger partial charge in [0.25, 0.3) is 0 Å². The van der Waals surface area contributed by atoms with E-state index in [9.17, 15) is 8.42 Å². The molecule has 1 rings (SSSR count). The molecule has 1 aromatic carbocycles. The van der Waals surface area contributed by atoms with E-state index in [1.165, 1.54) is 6.07 Å². The lowest BCUT2D eigenvalue weighted by atomic mass is 10.2. The molecule has 2 N–H and O–H groups in total. The maximum Gasteiger partial charge on any atom is 0.242 e. The molecule has 0 radical (unpaired) electrons. The maximum atomic E-state index is 12.4. The number of benzene rings is 1. The molecule has 21 heavy (non-hydrogen) atoms. The summed E-state index contributed by atoms with van der Waals surface area (Å²) in [7, 11) is -3.68. The third-order valence-electron chi connectivity index (χ3n) is 3.04. The molecule has 7 heteroatoms. The zero-order chi connectivity index (χ0) is 16.2. The van der Waals surface area contributed by atoms with Crippen molar-refractivity contribution in [2.45, 2.75) is 57.6 Å². The maximum absolute atomic E-state index is 12.4. The van der Waals surface area contributed by atoms with Crippen molar-refractivity contribution >= 4 is 33.2 Å². The highest BCUT2D eigenvalue weighted by atomic mass is 35.5. The molecule has 0 aromatic heterocycles. The minimum Gasteiger partial charge on any atom is -0.310 e. The summed E-state index contributed by atoms with van der Waals surface area (Å²) in [4.78, 5) is 0.0255. The van der Waals surface area contributed by atoms with Crippen LogP contribution < -0.4 is 10.0 Å². The average Bonchev–Trinajstić information content (AvgIpc) is 2.38. The summed E-state index contributed by atoms with van der Waals surface area (Å²) in [5.41, 5.74) is 0.669. The van der Waals surface area contributed by atoms with Gasteiger partial charge in [0.05, 0.1) is 5.02 Å². The lowest BCUT2D eigenvalue weighted by Crippen LogP contribution is -2.32. The van der Waals surface area contributed by atoms with Crippen LogP contribution in [-0.4, -0.2) is 20.5 Å². The molecule has 0 saturated heterocycles. The van der Waals surface area contributed by atoms with Crippen molar-refractivity contribution < 1.29 is 8.42 Å². The standard InChI is InChI=1S/C14H22Cl2N2O2S/c1-5-10(4)18-21(19,20)13-7-12(15)6-11(14(13)16)8-17-9(2)3/h6-7,9-10,17-18H,5,8H2,1-4H3. The summed E-state index contributed by atoms with van der Waals surface area (Å²) < 4.78 is 27.4. The van der Waals surface area contributed by atoms with Crippen LogP contribution in [0.25, 0.3) is 0 Å². The van der Waals surface area contributed by atoms with Gasteiger partial charge >= 0.3 is 0 Å². The Morgan fingerprint density at radius 3 is 2.33 bits per heavy atom. The summed E-state index contributed by atoms with van der Waals surface area (Å²) in [6.07, 6.45) is 0.694. The van der Waals surface area contributed by atoms with Crippen molar-refractivity contribution in [3.05, 3.63) is 27.7 Å². The zero-order valence-electron chi connectivity index (χ0n) is 12.7. The summed E-state index contributed by atoms with van der Waals surface area (Å²) in [6, 6.07) is 3.16. The van der Waals surface area contributed by atoms with Gasteiger partial charge < -0.3 is 5.32 Å². The van der Waals surface area contributed by atoms with Gasteiger partial charge in [-0.05, 0) is 31.0 Å². The predicted octanol–water partition coefficient (Wildman–Crippen LogP) is 3.57. The fourth-order valence-corrected chi connectivity index (χ4v) is 3.93. The van der Waals surface area contributed by atoms with E-state index in [0.717, 1.165) is 0 Å². The molecular weight excluding hydrogens is 331 g/mol. The number of nitrogens with one attached hydrogen (secondary N) is 2. The molecule has 0 aliphatic carbocycles. The number of sulfonamides is 1. The van der Waals surface area contributed by atoms with Crippen molar-refractivity contribution in [1.82, 2.24) is 10.0 Å². The van der Waals surface area contributed by atoms with Gasteiger partial charge in [-0.2, -0.15) is 0 Å². The van der Waals surface area contributed by atoms with E-state index < -0.39 is 10.0 Å². The van der Waals surface area contributed by atoms with Crippen LogP contribution in [-0.2, 0) is 16.6 Å².